The van der Waals surface area contributed by atoms with E-state index in [0.717, 1.165) is 153 Å². The van der Waals surface area contributed by atoms with Crippen molar-refractivity contribution >= 4 is 137 Å². The molecule has 0 N–H and O–H groups in total. The molecule has 0 saturated heterocycles. The van der Waals surface area contributed by atoms with Gasteiger partial charge in [-0.05, 0) is 107 Å². The van der Waals surface area contributed by atoms with Gasteiger partial charge < -0.3 is 27.1 Å². The first-order chi connectivity index (χ1) is 43.6. The molecule has 8 heteroatoms. The van der Waals surface area contributed by atoms with Crippen LogP contribution in [-0.2, 0) is 0 Å². The topological polar surface area (TPSA) is 74.2 Å². The maximum atomic E-state index is 12.7. The lowest BCUT2D eigenvalue weighted by atomic mass is 10.0. The van der Waals surface area contributed by atoms with Crippen molar-refractivity contribution in [1.82, 2.24) is 18.3 Å². The summed E-state index contributed by atoms with van der Waals surface area (Å²) in [4.78, 5) is 4.74. The summed E-state index contributed by atoms with van der Waals surface area (Å²) >= 11 is 0. The van der Waals surface area contributed by atoms with E-state index in [9.17, 15) is 11.8 Å². The van der Waals surface area contributed by atoms with E-state index in [-0.39, 0.29) is 11.3 Å². The number of aromatic nitrogens is 4. The minimum absolute atomic E-state index is 0.204. The van der Waals surface area contributed by atoms with Crippen molar-refractivity contribution in [3.8, 4) is 51.1 Å². The van der Waals surface area contributed by atoms with Gasteiger partial charge in [0.15, 0.2) is 0 Å². The SMILES string of the molecule is [C-]#[N+]c1c(C#N)c(-n2c3ccccc3c3c4c(ccc32)oc2ccccc24)c(-n2c3ccccc3c3cc(-c4ccccc4)ccc32)c(-n2c3ccccc3c3cc(-c4ccccc4)ccc32)c1-n1c2ccccc2c2c3c(ccc21)oc1ccccc13. The molecule has 19 rings (SSSR count). The number of para-hydroxylation sites is 6. The number of hydrogen-bond donors (Lipinski definition) is 0. The van der Waals surface area contributed by atoms with Crippen LogP contribution in [0, 0.1) is 17.9 Å². The normalized spacial score (nSPS) is 12.1. The van der Waals surface area contributed by atoms with Gasteiger partial charge in [0.05, 0.1) is 85.1 Å². The lowest BCUT2D eigenvalue weighted by Gasteiger charge is -2.28. The molecule has 0 bridgehead atoms. The number of nitriles is 1. The maximum Gasteiger partial charge on any atom is 0.232 e. The molecule has 19 aromatic rings. The first kappa shape index (κ1) is 48.1. The van der Waals surface area contributed by atoms with Gasteiger partial charge in [0, 0.05) is 64.6 Å². The third-order valence-electron chi connectivity index (χ3n) is 18.4. The van der Waals surface area contributed by atoms with Crippen LogP contribution in [-0.4, -0.2) is 18.3 Å². The highest BCUT2D eigenvalue weighted by Gasteiger charge is 2.36. The molecular weight excluding hydrogens is 1080 g/mol. The summed E-state index contributed by atoms with van der Waals surface area (Å²) in [6.07, 6.45) is 0. The van der Waals surface area contributed by atoms with Crippen LogP contribution in [0.1, 0.15) is 5.56 Å². The Morgan fingerprint density at radius 2 is 0.636 bits per heavy atom. The highest BCUT2D eigenvalue weighted by Crippen LogP contribution is 2.54. The van der Waals surface area contributed by atoms with Gasteiger partial charge in [0.1, 0.15) is 22.3 Å². The molecule has 0 aliphatic rings. The molecule has 0 spiro atoms. The minimum Gasteiger partial charge on any atom is -0.456 e. The lowest BCUT2D eigenvalue weighted by Crippen LogP contribution is -2.15. The molecule has 88 heavy (non-hydrogen) atoms. The molecule has 6 heterocycles. The van der Waals surface area contributed by atoms with Gasteiger partial charge in [0.2, 0.25) is 5.69 Å². The van der Waals surface area contributed by atoms with Gasteiger partial charge in [-0.2, -0.15) is 5.26 Å². The second-order valence-corrected chi connectivity index (χ2v) is 22.8. The zero-order valence-corrected chi connectivity index (χ0v) is 46.9. The first-order valence-corrected chi connectivity index (χ1v) is 29.5. The van der Waals surface area contributed by atoms with Crippen LogP contribution >= 0.6 is 0 Å². The Bertz CT molecular complexity index is 5940. The predicted octanol–water partition coefficient (Wildman–Crippen LogP) is 21.6. The third-order valence-corrected chi connectivity index (χ3v) is 18.4. The zero-order chi connectivity index (χ0) is 57.9. The van der Waals surface area contributed by atoms with E-state index in [1.807, 2.05) is 24.3 Å². The second kappa shape index (κ2) is 18.1. The van der Waals surface area contributed by atoms with Crippen LogP contribution in [0.15, 0.2) is 276 Å². The summed E-state index contributed by atoms with van der Waals surface area (Å²) in [6, 6.07) is 96.5. The molecule has 0 saturated carbocycles. The maximum absolute atomic E-state index is 12.7. The molecule has 0 aliphatic carbocycles. The van der Waals surface area contributed by atoms with Crippen molar-refractivity contribution in [2.24, 2.45) is 0 Å². The summed E-state index contributed by atoms with van der Waals surface area (Å²) in [5, 5.41) is 24.7. The van der Waals surface area contributed by atoms with Crippen molar-refractivity contribution in [2.45, 2.75) is 0 Å². The molecular formula is C80H44N6O2. The fourth-order valence-electron chi connectivity index (χ4n) is 14.8. The Morgan fingerprint density at radius 3 is 1.09 bits per heavy atom. The Morgan fingerprint density at radius 1 is 0.284 bits per heavy atom. The largest absolute Gasteiger partial charge is 0.456 e. The Labute approximate surface area is 501 Å². The standard InChI is InChI=1S/C80H44N6O2/c1-82-76-59(46-81)77(85-62-32-16-10-26-53(62)72-66(85)40-42-70-74(72)55-28-12-18-34-68(55)87-70)79(83-60-30-14-8-24-51(60)57-44-49(36-38-64(57)83)47-20-4-2-5-21-47)80(84-61-31-15-9-25-52(61)58-45-50(37-39-65(58)84)48-22-6-3-7-23-48)78(76)86-63-33-17-11-27-54(63)73-67(86)41-43-71-75(73)56-29-13-19-35-69(56)88-71/h2-45H. The Balaban J connectivity index is 1.10. The summed E-state index contributed by atoms with van der Waals surface area (Å²) in [7, 11) is 0. The van der Waals surface area contributed by atoms with Crippen LogP contribution in [0.2, 0.25) is 0 Å². The highest BCUT2D eigenvalue weighted by atomic mass is 16.3. The van der Waals surface area contributed by atoms with Gasteiger partial charge in [0.25, 0.3) is 0 Å². The van der Waals surface area contributed by atoms with Crippen LogP contribution in [0.4, 0.5) is 5.69 Å². The lowest BCUT2D eigenvalue weighted by molar-refractivity contribution is 0.669. The Kier molecular flexibility index (Phi) is 9.87. The number of hydrogen-bond acceptors (Lipinski definition) is 3. The summed E-state index contributed by atoms with van der Waals surface area (Å²) in [6.45, 7) is 9.88. The van der Waals surface area contributed by atoms with Gasteiger partial charge in [-0.25, -0.2) is 4.85 Å². The van der Waals surface area contributed by atoms with E-state index in [1.165, 1.54) is 0 Å². The summed E-state index contributed by atoms with van der Waals surface area (Å²) in [5.41, 5.74) is 17.7. The predicted molar refractivity (Wildman–Crippen MR) is 360 cm³/mol. The third kappa shape index (κ3) is 6.44. The van der Waals surface area contributed by atoms with Gasteiger partial charge in [-0.15, -0.1) is 0 Å². The average Bonchev–Trinajstić information content (AvgIpc) is 1.50. The Hall–Kier alpha value is -12.4. The van der Waals surface area contributed by atoms with E-state index in [1.54, 1.807) is 0 Å². The van der Waals surface area contributed by atoms with E-state index in [2.05, 4.69) is 267 Å². The van der Waals surface area contributed by atoms with E-state index >= 15 is 0 Å². The summed E-state index contributed by atoms with van der Waals surface area (Å²) < 4.78 is 22.7. The molecule has 13 aromatic carbocycles. The fourth-order valence-corrected chi connectivity index (χ4v) is 14.8. The van der Waals surface area contributed by atoms with Crippen molar-refractivity contribution in [2.75, 3.05) is 0 Å². The average molecular weight is 1120 g/mol. The molecule has 0 radical (unpaired) electrons. The van der Waals surface area contributed by atoms with E-state index in [0.29, 0.717) is 22.7 Å². The van der Waals surface area contributed by atoms with Crippen LogP contribution in [0.3, 0.4) is 0 Å². The van der Waals surface area contributed by atoms with E-state index < -0.39 is 0 Å². The molecule has 8 nitrogen and oxygen atoms in total. The van der Waals surface area contributed by atoms with Crippen molar-refractivity contribution in [3.63, 3.8) is 0 Å². The molecule has 0 aliphatic heterocycles. The number of rotatable bonds is 6. The molecule has 0 atom stereocenters. The van der Waals surface area contributed by atoms with Gasteiger partial charge >= 0.3 is 0 Å². The second-order valence-electron chi connectivity index (χ2n) is 22.8. The number of benzene rings is 13. The molecule has 406 valence electrons. The van der Waals surface area contributed by atoms with Gasteiger partial charge in [-0.3, -0.25) is 0 Å². The van der Waals surface area contributed by atoms with Crippen LogP contribution < -0.4 is 0 Å². The van der Waals surface area contributed by atoms with Crippen molar-refractivity contribution in [1.29, 1.82) is 5.26 Å². The van der Waals surface area contributed by atoms with Crippen molar-refractivity contribution in [3.05, 3.63) is 284 Å². The zero-order valence-electron chi connectivity index (χ0n) is 46.9. The number of fused-ring (bicyclic) bond motifs is 20. The molecule has 0 unspecified atom stereocenters. The first-order valence-electron chi connectivity index (χ1n) is 29.5. The van der Waals surface area contributed by atoms with Crippen LogP contribution in [0.5, 0.6) is 0 Å². The highest BCUT2D eigenvalue weighted by molar-refractivity contribution is 6.30. The number of furan rings is 2. The quantitative estimate of drug-likeness (QED) is 0.156. The monoisotopic (exact) mass is 1120 g/mol. The van der Waals surface area contributed by atoms with E-state index in [4.69, 9.17) is 13.7 Å². The van der Waals surface area contributed by atoms with Crippen LogP contribution in [0.25, 0.3) is 181 Å². The smallest absolute Gasteiger partial charge is 0.232 e. The fraction of sp³-hybridized carbons (Fsp3) is 0. The van der Waals surface area contributed by atoms with Crippen molar-refractivity contribution < 1.29 is 8.83 Å². The minimum atomic E-state index is 0.204. The summed E-state index contributed by atoms with van der Waals surface area (Å²) in [5.74, 6) is 0. The number of nitrogens with zero attached hydrogens (tertiary/aromatic N) is 6. The molecule has 0 amide bonds. The molecule has 0 fully saturated rings. The molecule has 6 aromatic heterocycles. The van der Waals surface area contributed by atoms with Gasteiger partial charge in [-0.1, -0.05) is 182 Å².